The summed E-state index contributed by atoms with van der Waals surface area (Å²) in [5.41, 5.74) is 6.72. The van der Waals surface area contributed by atoms with E-state index in [1.54, 1.807) is 17.0 Å². The van der Waals surface area contributed by atoms with Gasteiger partial charge < -0.3 is 29.3 Å². The molecule has 1 aliphatic carbocycles. The van der Waals surface area contributed by atoms with Crippen LogP contribution in [0.15, 0.2) is 79.0 Å². The highest BCUT2D eigenvalue weighted by atomic mass is 16.5. The normalized spacial score (nSPS) is 25.8. The number of hydrogen-bond donors (Lipinski definition) is 2. The minimum Gasteiger partial charge on any atom is -0.508 e. The second-order valence-electron chi connectivity index (χ2n) is 18.5. The zero-order chi connectivity index (χ0) is 39.9. The summed E-state index contributed by atoms with van der Waals surface area (Å²) in [6, 6.07) is 24.0. The predicted octanol–water partition coefficient (Wildman–Crippen LogP) is 6.28. The number of piperidine rings is 3. The first-order chi connectivity index (χ1) is 28.7. The molecule has 3 saturated heterocycles. The molecule has 1 unspecified atom stereocenters. The molecule has 0 radical (unpaired) electrons. The Hall–Kier alpha value is -5.42. The van der Waals surface area contributed by atoms with Crippen molar-refractivity contribution in [3.05, 3.63) is 112 Å². The van der Waals surface area contributed by atoms with Crippen LogP contribution in [-0.2, 0) is 21.5 Å². The Kier molecular flexibility index (Phi) is 8.76. The van der Waals surface area contributed by atoms with E-state index in [0.717, 1.165) is 79.9 Å². The maximum absolute atomic E-state index is 13.4. The second-order valence-corrected chi connectivity index (χ2v) is 18.5. The van der Waals surface area contributed by atoms with Gasteiger partial charge in [0.15, 0.2) is 0 Å². The molecule has 4 fully saturated rings. The SMILES string of the molecule is O=C1CCC(N2Cc3cc4c(cc3C2=O)OCC42CCN(CC3CC4(CCN(c5ccc([C@H]6c7ccc(O)cc7OC[C@H]6c6ccccc6)cn5)CC4)C3)CC2)C(=O)N1. The number of likely N-dealkylation sites (tertiary alicyclic amines) is 1. The third-order valence-corrected chi connectivity index (χ3v) is 15.1. The topological polar surface area (TPSA) is 125 Å². The fourth-order valence-corrected chi connectivity index (χ4v) is 11.8. The lowest BCUT2D eigenvalue weighted by atomic mass is 9.57. The highest BCUT2D eigenvalue weighted by Gasteiger charge is 2.49. The number of phenols is 1. The predicted molar refractivity (Wildman–Crippen MR) is 221 cm³/mol. The third-order valence-electron chi connectivity index (χ3n) is 15.1. The molecule has 2 spiro atoms. The number of aromatic hydroxyl groups is 1. The van der Waals surface area contributed by atoms with E-state index >= 15 is 0 Å². The lowest BCUT2D eigenvalue weighted by Crippen LogP contribution is -2.52. The Bertz CT molecular complexity index is 2310. The molecule has 11 nitrogen and oxygen atoms in total. The molecule has 0 bridgehead atoms. The molecule has 1 aromatic heterocycles. The Morgan fingerprint density at radius 3 is 2.42 bits per heavy atom. The molecule has 3 atom stereocenters. The van der Waals surface area contributed by atoms with E-state index in [9.17, 15) is 19.5 Å². The summed E-state index contributed by atoms with van der Waals surface area (Å²) in [5, 5.41) is 12.6. The van der Waals surface area contributed by atoms with Gasteiger partial charge in [0.1, 0.15) is 29.1 Å². The number of fused-ring (bicyclic) bond motifs is 4. The zero-order valence-electron chi connectivity index (χ0n) is 33.4. The van der Waals surface area contributed by atoms with Gasteiger partial charge in [0.05, 0.1) is 13.2 Å². The number of anilines is 1. The van der Waals surface area contributed by atoms with Crippen LogP contribution >= 0.6 is 0 Å². The van der Waals surface area contributed by atoms with E-state index in [0.29, 0.717) is 37.2 Å². The van der Waals surface area contributed by atoms with Crippen molar-refractivity contribution in [1.29, 1.82) is 0 Å². The Morgan fingerprint density at radius 2 is 1.66 bits per heavy atom. The summed E-state index contributed by atoms with van der Waals surface area (Å²) < 4.78 is 12.5. The Labute approximate surface area is 344 Å². The number of carbonyl (C=O) groups excluding carboxylic acids is 3. The van der Waals surface area contributed by atoms with Gasteiger partial charge in [0.25, 0.3) is 5.91 Å². The van der Waals surface area contributed by atoms with Gasteiger partial charge in [-0.15, -0.1) is 0 Å². The summed E-state index contributed by atoms with van der Waals surface area (Å²) >= 11 is 0. The number of ether oxygens (including phenoxy) is 2. The average Bonchev–Trinajstić information content (AvgIpc) is 3.75. The number of imide groups is 1. The minimum atomic E-state index is -0.608. The van der Waals surface area contributed by atoms with Gasteiger partial charge in [-0.2, -0.15) is 0 Å². The van der Waals surface area contributed by atoms with Crippen LogP contribution in [0.5, 0.6) is 17.2 Å². The number of nitrogens with zero attached hydrogens (tertiary/aromatic N) is 4. The Morgan fingerprint density at radius 1 is 0.847 bits per heavy atom. The number of pyridine rings is 1. The summed E-state index contributed by atoms with van der Waals surface area (Å²) in [4.78, 5) is 49.5. The van der Waals surface area contributed by atoms with E-state index in [-0.39, 0.29) is 47.1 Å². The fraction of sp³-hybridized carbons (Fsp3) is 0.458. The van der Waals surface area contributed by atoms with Crippen molar-refractivity contribution in [3.63, 3.8) is 0 Å². The molecule has 2 N–H and O–H groups in total. The first-order valence-electron chi connectivity index (χ1n) is 21.6. The van der Waals surface area contributed by atoms with E-state index in [1.807, 2.05) is 18.2 Å². The third kappa shape index (κ3) is 6.35. The smallest absolute Gasteiger partial charge is 0.255 e. The van der Waals surface area contributed by atoms with Crippen LogP contribution in [-0.4, -0.2) is 89.6 Å². The standard InChI is InChI=1S/C48H51N5O6/c54-34-7-8-35-40(21-34)58-28-37(31-4-2-1-3-5-31)44(35)32-6-10-42(49-25-32)52-18-12-47(13-19-52)23-30(24-47)26-51-16-14-48(15-17-51)29-59-41-22-36-33(20-38(41)48)27-53(46(36)57)39-9-11-43(55)50-45(39)56/h1-8,10,20-22,25,30,37,39,44,54H,9,11-19,23-24,26-29H2,(H,50,55,56)/t37-,39?,44-/m0/s1. The molecule has 11 heteroatoms. The van der Waals surface area contributed by atoms with E-state index in [2.05, 4.69) is 63.8 Å². The van der Waals surface area contributed by atoms with Gasteiger partial charge in [-0.3, -0.25) is 19.7 Å². The van der Waals surface area contributed by atoms with Crippen molar-refractivity contribution in [1.82, 2.24) is 20.1 Å². The van der Waals surface area contributed by atoms with Crippen molar-refractivity contribution < 1.29 is 29.0 Å². The summed E-state index contributed by atoms with van der Waals surface area (Å²) in [5.74, 6) is 3.01. The molecular formula is C48H51N5O6. The maximum atomic E-state index is 13.4. The number of benzene rings is 3. The van der Waals surface area contributed by atoms with E-state index in [1.165, 1.54) is 42.4 Å². The van der Waals surface area contributed by atoms with Crippen LogP contribution in [0, 0.1) is 11.3 Å². The number of carbonyl (C=O) groups is 3. The molecule has 304 valence electrons. The lowest BCUT2D eigenvalue weighted by molar-refractivity contribution is -0.136. The molecule has 3 amide bonds. The van der Waals surface area contributed by atoms with Crippen molar-refractivity contribution in [2.45, 2.75) is 81.2 Å². The monoisotopic (exact) mass is 793 g/mol. The zero-order valence-corrected chi connectivity index (χ0v) is 33.4. The second kappa shape index (κ2) is 14.1. The van der Waals surface area contributed by atoms with E-state index < -0.39 is 6.04 Å². The van der Waals surface area contributed by atoms with Crippen LogP contribution < -0.4 is 19.7 Å². The van der Waals surface area contributed by atoms with Crippen molar-refractivity contribution in [3.8, 4) is 17.2 Å². The number of rotatable bonds is 6. The summed E-state index contributed by atoms with van der Waals surface area (Å²) in [7, 11) is 0. The first-order valence-corrected chi connectivity index (χ1v) is 21.6. The van der Waals surface area contributed by atoms with Gasteiger partial charge in [0.2, 0.25) is 11.8 Å². The fourth-order valence-electron chi connectivity index (χ4n) is 11.8. The molecule has 7 heterocycles. The highest BCUT2D eigenvalue weighted by molar-refractivity contribution is 6.05. The summed E-state index contributed by atoms with van der Waals surface area (Å²) in [6.45, 7) is 6.95. The minimum absolute atomic E-state index is 0.0330. The van der Waals surface area contributed by atoms with Crippen molar-refractivity contribution in [2.24, 2.45) is 11.3 Å². The first kappa shape index (κ1) is 36.6. The molecule has 6 aliphatic heterocycles. The molecule has 7 aliphatic rings. The van der Waals surface area contributed by atoms with Crippen LogP contribution in [0.4, 0.5) is 5.82 Å². The van der Waals surface area contributed by atoms with Gasteiger partial charge in [-0.1, -0.05) is 42.5 Å². The average molecular weight is 794 g/mol. The number of phenolic OH excluding ortho intramolecular Hbond substituents is 1. The van der Waals surface area contributed by atoms with Crippen LogP contribution in [0.1, 0.15) is 101 Å². The number of amides is 3. The Balaban J connectivity index is 0.684. The number of aromatic nitrogens is 1. The van der Waals surface area contributed by atoms with Gasteiger partial charge in [-0.05, 0) is 110 Å². The number of nitrogens with one attached hydrogen (secondary N) is 1. The lowest BCUT2D eigenvalue weighted by Gasteiger charge is -2.54. The van der Waals surface area contributed by atoms with Crippen molar-refractivity contribution in [2.75, 3.05) is 50.8 Å². The largest absolute Gasteiger partial charge is 0.508 e. The van der Waals surface area contributed by atoms with E-state index in [4.69, 9.17) is 14.5 Å². The molecule has 11 rings (SSSR count). The molecule has 59 heavy (non-hydrogen) atoms. The van der Waals surface area contributed by atoms with Gasteiger partial charge in [0, 0.05) is 78.8 Å². The molecule has 1 saturated carbocycles. The maximum Gasteiger partial charge on any atom is 0.255 e. The molecular weight excluding hydrogens is 743 g/mol. The van der Waals surface area contributed by atoms with Gasteiger partial charge >= 0.3 is 0 Å². The molecule has 3 aromatic carbocycles. The van der Waals surface area contributed by atoms with Crippen LogP contribution in [0.2, 0.25) is 0 Å². The molecule has 4 aromatic rings. The number of hydrogen-bond acceptors (Lipinski definition) is 9. The van der Waals surface area contributed by atoms with Crippen LogP contribution in [0.3, 0.4) is 0 Å². The highest BCUT2D eigenvalue weighted by Crippen LogP contribution is 2.54. The quantitative estimate of drug-likeness (QED) is 0.217. The van der Waals surface area contributed by atoms with Crippen molar-refractivity contribution >= 4 is 23.5 Å². The van der Waals surface area contributed by atoms with Crippen LogP contribution in [0.25, 0.3) is 0 Å². The van der Waals surface area contributed by atoms with Gasteiger partial charge in [-0.25, -0.2) is 4.98 Å². The summed E-state index contributed by atoms with van der Waals surface area (Å²) in [6.07, 6.45) is 9.81.